The fraction of sp³-hybridized carbons (Fsp3) is 0.875. The molecule has 70 valence electrons. The van der Waals surface area contributed by atoms with Crippen LogP contribution in [-0.2, 0) is 0 Å². The van der Waals surface area contributed by atoms with Gasteiger partial charge in [0.2, 0.25) is 0 Å². The highest BCUT2D eigenvalue weighted by Crippen LogP contribution is 2.18. The van der Waals surface area contributed by atoms with Crippen molar-refractivity contribution in [2.24, 2.45) is 22.4 Å². The standard InChI is InChI=1S/C8H18N4/c1-6-5-12(2)4-3-7(6)11-8(9)10/h6-7H,3-5H2,1-2H3,(H4,9,10,11). The van der Waals surface area contributed by atoms with Gasteiger partial charge in [-0.05, 0) is 25.9 Å². The van der Waals surface area contributed by atoms with Gasteiger partial charge in [-0.1, -0.05) is 6.92 Å². The molecule has 1 rings (SSSR count). The van der Waals surface area contributed by atoms with Crippen LogP contribution in [0.4, 0.5) is 0 Å². The summed E-state index contributed by atoms with van der Waals surface area (Å²) in [5, 5.41) is 0. The Balaban J connectivity index is 2.51. The van der Waals surface area contributed by atoms with E-state index >= 15 is 0 Å². The molecule has 0 aromatic carbocycles. The molecule has 0 aliphatic carbocycles. The third-order valence-corrected chi connectivity index (χ3v) is 2.38. The molecule has 1 aliphatic rings. The molecule has 1 saturated heterocycles. The quantitative estimate of drug-likeness (QED) is 0.415. The van der Waals surface area contributed by atoms with E-state index in [-0.39, 0.29) is 5.96 Å². The number of rotatable bonds is 1. The summed E-state index contributed by atoms with van der Waals surface area (Å²) in [6, 6.07) is 0.325. The van der Waals surface area contributed by atoms with Gasteiger partial charge in [-0.3, -0.25) is 0 Å². The normalized spacial score (nSPS) is 31.5. The Morgan fingerprint density at radius 3 is 2.67 bits per heavy atom. The van der Waals surface area contributed by atoms with E-state index < -0.39 is 0 Å². The first-order valence-corrected chi connectivity index (χ1v) is 4.37. The molecule has 0 spiro atoms. The average Bonchev–Trinajstić information content (AvgIpc) is 1.94. The third kappa shape index (κ3) is 2.37. The highest BCUT2D eigenvalue weighted by atomic mass is 15.1. The number of piperidine rings is 1. The number of hydrogen-bond acceptors (Lipinski definition) is 2. The van der Waals surface area contributed by atoms with E-state index in [0.29, 0.717) is 12.0 Å². The van der Waals surface area contributed by atoms with E-state index in [0.717, 1.165) is 19.5 Å². The zero-order chi connectivity index (χ0) is 9.14. The van der Waals surface area contributed by atoms with Crippen LogP contribution in [0.2, 0.25) is 0 Å². The summed E-state index contributed by atoms with van der Waals surface area (Å²) in [5.41, 5.74) is 10.7. The fourth-order valence-electron chi connectivity index (χ4n) is 1.73. The molecule has 4 heteroatoms. The van der Waals surface area contributed by atoms with Gasteiger partial charge in [0, 0.05) is 6.54 Å². The second-order valence-corrected chi connectivity index (χ2v) is 3.65. The van der Waals surface area contributed by atoms with Crippen LogP contribution >= 0.6 is 0 Å². The van der Waals surface area contributed by atoms with Crippen LogP contribution in [-0.4, -0.2) is 37.0 Å². The summed E-state index contributed by atoms with van der Waals surface area (Å²) >= 11 is 0. The zero-order valence-electron chi connectivity index (χ0n) is 7.83. The van der Waals surface area contributed by atoms with Crippen molar-refractivity contribution in [3.05, 3.63) is 0 Å². The SMILES string of the molecule is CC1CN(C)CCC1N=C(N)N. The summed E-state index contributed by atoms with van der Waals surface area (Å²) in [4.78, 5) is 6.51. The summed E-state index contributed by atoms with van der Waals surface area (Å²) in [6.07, 6.45) is 1.07. The summed E-state index contributed by atoms with van der Waals surface area (Å²) in [6.45, 7) is 4.36. The third-order valence-electron chi connectivity index (χ3n) is 2.38. The summed E-state index contributed by atoms with van der Waals surface area (Å²) in [7, 11) is 2.13. The van der Waals surface area contributed by atoms with E-state index in [1.54, 1.807) is 0 Å². The minimum atomic E-state index is 0.219. The lowest BCUT2D eigenvalue weighted by molar-refractivity contribution is 0.198. The van der Waals surface area contributed by atoms with Crippen LogP contribution in [0, 0.1) is 5.92 Å². The van der Waals surface area contributed by atoms with E-state index in [4.69, 9.17) is 11.5 Å². The van der Waals surface area contributed by atoms with Gasteiger partial charge in [-0.15, -0.1) is 0 Å². The highest BCUT2D eigenvalue weighted by Gasteiger charge is 2.23. The Labute approximate surface area is 73.6 Å². The number of guanidine groups is 1. The smallest absolute Gasteiger partial charge is 0.186 e. The first kappa shape index (κ1) is 9.32. The number of nitrogens with zero attached hydrogens (tertiary/aromatic N) is 2. The maximum atomic E-state index is 5.33. The minimum absolute atomic E-state index is 0.219. The molecule has 0 saturated carbocycles. The number of hydrogen-bond donors (Lipinski definition) is 2. The van der Waals surface area contributed by atoms with Crippen LogP contribution in [0.3, 0.4) is 0 Å². The van der Waals surface area contributed by atoms with Crippen LogP contribution in [0.25, 0.3) is 0 Å². The average molecular weight is 170 g/mol. The Kier molecular flexibility index (Phi) is 2.92. The predicted molar refractivity (Wildman–Crippen MR) is 50.9 cm³/mol. The number of likely N-dealkylation sites (tertiary alicyclic amines) is 1. The Hall–Kier alpha value is -0.770. The van der Waals surface area contributed by atoms with Gasteiger partial charge in [0.05, 0.1) is 6.04 Å². The molecule has 0 amide bonds. The van der Waals surface area contributed by atoms with Crippen molar-refractivity contribution < 1.29 is 0 Å². The van der Waals surface area contributed by atoms with E-state index in [1.165, 1.54) is 0 Å². The van der Waals surface area contributed by atoms with Crippen LogP contribution < -0.4 is 11.5 Å². The van der Waals surface area contributed by atoms with Crippen molar-refractivity contribution in [3.63, 3.8) is 0 Å². The van der Waals surface area contributed by atoms with Crippen molar-refractivity contribution in [1.82, 2.24) is 4.90 Å². The molecular formula is C8H18N4. The second kappa shape index (κ2) is 3.76. The van der Waals surface area contributed by atoms with E-state index in [9.17, 15) is 0 Å². The molecule has 1 aliphatic heterocycles. The Morgan fingerprint density at radius 1 is 1.50 bits per heavy atom. The summed E-state index contributed by atoms with van der Waals surface area (Å²) < 4.78 is 0. The van der Waals surface area contributed by atoms with Gasteiger partial charge in [-0.2, -0.15) is 0 Å². The van der Waals surface area contributed by atoms with Gasteiger partial charge in [-0.25, -0.2) is 4.99 Å². The Morgan fingerprint density at radius 2 is 2.17 bits per heavy atom. The molecule has 4 nitrogen and oxygen atoms in total. The first-order valence-electron chi connectivity index (χ1n) is 4.37. The van der Waals surface area contributed by atoms with Gasteiger partial charge in [0.15, 0.2) is 5.96 Å². The molecule has 2 unspecified atom stereocenters. The van der Waals surface area contributed by atoms with Crippen LogP contribution in [0.1, 0.15) is 13.3 Å². The van der Waals surface area contributed by atoms with E-state index in [1.807, 2.05) is 0 Å². The monoisotopic (exact) mass is 170 g/mol. The van der Waals surface area contributed by atoms with Crippen LogP contribution in [0.5, 0.6) is 0 Å². The predicted octanol–water partition coefficient (Wildman–Crippen LogP) is -0.400. The highest BCUT2D eigenvalue weighted by molar-refractivity contribution is 5.75. The zero-order valence-corrected chi connectivity index (χ0v) is 7.83. The van der Waals surface area contributed by atoms with Crippen molar-refractivity contribution in [2.75, 3.05) is 20.1 Å². The maximum absolute atomic E-state index is 5.33. The molecule has 0 aromatic heterocycles. The second-order valence-electron chi connectivity index (χ2n) is 3.65. The minimum Gasteiger partial charge on any atom is -0.370 e. The molecular weight excluding hydrogens is 152 g/mol. The molecule has 12 heavy (non-hydrogen) atoms. The topological polar surface area (TPSA) is 67.6 Å². The van der Waals surface area contributed by atoms with Crippen LogP contribution in [0.15, 0.2) is 4.99 Å². The van der Waals surface area contributed by atoms with Crippen molar-refractivity contribution in [2.45, 2.75) is 19.4 Å². The van der Waals surface area contributed by atoms with Gasteiger partial charge < -0.3 is 16.4 Å². The largest absolute Gasteiger partial charge is 0.370 e. The van der Waals surface area contributed by atoms with Gasteiger partial charge in [0.25, 0.3) is 0 Å². The van der Waals surface area contributed by atoms with Crippen molar-refractivity contribution >= 4 is 5.96 Å². The number of aliphatic imine (C=N–C) groups is 1. The maximum Gasteiger partial charge on any atom is 0.186 e. The molecule has 2 atom stereocenters. The number of nitrogens with two attached hydrogens (primary N) is 2. The summed E-state index contributed by atoms with van der Waals surface area (Å²) in [5.74, 6) is 0.780. The first-order chi connectivity index (χ1) is 5.59. The molecule has 0 bridgehead atoms. The van der Waals surface area contributed by atoms with E-state index in [2.05, 4.69) is 23.9 Å². The fourth-order valence-corrected chi connectivity index (χ4v) is 1.73. The molecule has 0 radical (unpaired) electrons. The molecule has 0 aromatic rings. The lowest BCUT2D eigenvalue weighted by Gasteiger charge is -2.32. The molecule has 1 fully saturated rings. The molecule has 1 heterocycles. The van der Waals surface area contributed by atoms with Crippen molar-refractivity contribution in [1.29, 1.82) is 0 Å². The molecule has 4 N–H and O–H groups in total. The Bertz CT molecular complexity index is 174. The van der Waals surface area contributed by atoms with Crippen molar-refractivity contribution in [3.8, 4) is 0 Å². The lowest BCUT2D eigenvalue weighted by atomic mass is 9.95. The van der Waals surface area contributed by atoms with Gasteiger partial charge >= 0.3 is 0 Å². The lowest BCUT2D eigenvalue weighted by Crippen LogP contribution is -2.40. The van der Waals surface area contributed by atoms with Gasteiger partial charge in [0.1, 0.15) is 0 Å².